The molecule has 1 fully saturated rings. The van der Waals surface area contributed by atoms with Crippen LogP contribution in [0.5, 0.6) is 0 Å². The van der Waals surface area contributed by atoms with Crippen molar-refractivity contribution in [3.8, 4) is 0 Å². The van der Waals surface area contributed by atoms with Gasteiger partial charge in [-0.25, -0.2) is 13.1 Å². The van der Waals surface area contributed by atoms with Gasteiger partial charge in [0.1, 0.15) is 4.21 Å². The number of rotatable bonds is 11. The minimum atomic E-state index is -3.44. The maximum Gasteiger partial charge on any atom is 0.250 e. The zero-order valence-corrected chi connectivity index (χ0v) is 17.5. The second kappa shape index (κ2) is 10.2. The Kier molecular flexibility index (Phi) is 8.33. The van der Waals surface area contributed by atoms with Gasteiger partial charge >= 0.3 is 0 Å². The highest BCUT2D eigenvalue weighted by molar-refractivity contribution is 7.91. The van der Waals surface area contributed by atoms with Gasteiger partial charge in [-0.15, -0.1) is 11.3 Å². The number of likely N-dealkylation sites (N-methyl/N-ethyl adjacent to an activating group) is 1. The van der Waals surface area contributed by atoms with Crippen LogP contribution in [0.4, 0.5) is 0 Å². The van der Waals surface area contributed by atoms with Crippen LogP contribution >= 0.6 is 11.3 Å². The van der Waals surface area contributed by atoms with Gasteiger partial charge in [-0.05, 0) is 44.7 Å². The molecule has 1 aliphatic carbocycles. The van der Waals surface area contributed by atoms with Crippen molar-refractivity contribution in [1.29, 1.82) is 0 Å². The molecule has 0 unspecified atom stereocenters. The highest BCUT2D eigenvalue weighted by Gasteiger charge is 2.21. The van der Waals surface area contributed by atoms with Gasteiger partial charge in [0.25, 0.3) is 0 Å². The molecule has 0 aromatic carbocycles. The minimum Gasteiger partial charge on any atom is -0.379 e. The van der Waals surface area contributed by atoms with Gasteiger partial charge < -0.3 is 15.0 Å². The van der Waals surface area contributed by atoms with Gasteiger partial charge in [0, 0.05) is 38.2 Å². The lowest BCUT2D eigenvalue weighted by Crippen LogP contribution is -2.41. The predicted octanol–water partition coefficient (Wildman–Crippen LogP) is 1.66. The Morgan fingerprint density at radius 1 is 1.42 bits per heavy atom. The summed E-state index contributed by atoms with van der Waals surface area (Å²) in [5.41, 5.74) is 0. The first kappa shape index (κ1) is 21.1. The fourth-order valence-electron chi connectivity index (χ4n) is 2.28. The van der Waals surface area contributed by atoms with Crippen LogP contribution < -0.4 is 10.0 Å². The smallest absolute Gasteiger partial charge is 0.250 e. The lowest BCUT2D eigenvalue weighted by molar-refractivity contribution is 0.115. The molecule has 0 bridgehead atoms. The summed E-state index contributed by atoms with van der Waals surface area (Å²) in [6.45, 7) is 7.56. The standard InChI is InChI=1S/C17H30N4O3S2/c1-4-18-17(21(3)11-12-24-13-15-6-7-15)19-9-10-20-26(22,23)16-8-5-14(2)25-16/h5,8,15,20H,4,6-7,9-13H2,1-3H3,(H,18,19). The number of nitrogens with one attached hydrogen (secondary N) is 2. The van der Waals surface area contributed by atoms with Crippen LogP contribution in [0.3, 0.4) is 0 Å². The number of aryl methyl sites for hydroxylation is 1. The van der Waals surface area contributed by atoms with Crippen LogP contribution in [0.1, 0.15) is 24.6 Å². The first-order chi connectivity index (χ1) is 12.4. The molecule has 2 N–H and O–H groups in total. The summed E-state index contributed by atoms with van der Waals surface area (Å²) in [5.74, 6) is 1.52. The van der Waals surface area contributed by atoms with Gasteiger partial charge in [0.2, 0.25) is 10.0 Å². The second-order valence-electron chi connectivity index (χ2n) is 6.44. The van der Waals surface area contributed by atoms with Crippen LogP contribution in [0.25, 0.3) is 0 Å². The van der Waals surface area contributed by atoms with E-state index in [1.54, 1.807) is 12.1 Å². The van der Waals surface area contributed by atoms with Crippen molar-refractivity contribution in [2.24, 2.45) is 10.9 Å². The van der Waals surface area contributed by atoms with E-state index in [0.29, 0.717) is 17.4 Å². The van der Waals surface area contributed by atoms with E-state index >= 15 is 0 Å². The Morgan fingerprint density at radius 3 is 2.81 bits per heavy atom. The van der Waals surface area contributed by atoms with E-state index in [9.17, 15) is 8.42 Å². The largest absolute Gasteiger partial charge is 0.379 e. The van der Waals surface area contributed by atoms with Crippen molar-refractivity contribution >= 4 is 27.3 Å². The number of aliphatic imine (C=N–C) groups is 1. The number of nitrogens with zero attached hydrogens (tertiary/aromatic N) is 2. The van der Waals surface area contributed by atoms with E-state index in [-0.39, 0.29) is 6.54 Å². The molecule has 0 amide bonds. The summed E-state index contributed by atoms with van der Waals surface area (Å²) in [6.07, 6.45) is 2.59. The Labute approximate surface area is 160 Å². The number of thiophene rings is 1. The summed E-state index contributed by atoms with van der Waals surface area (Å²) >= 11 is 1.27. The van der Waals surface area contributed by atoms with Crippen molar-refractivity contribution < 1.29 is 13.2 Å². The van der Waals surface area contributed by atoms with Crippen molar-refractivity contribution in [3.05, 3.63) is 17.0 Å². The average Bonchev–Trinajstić information content (AvgIpc) is 3.32. The molecule has 2 rings (SSSR count). The number of sulfonamides is 1. The highest BCUT2D eigenvalue weighted by atomic mass is 32.2. The van der Waals surface area contributed by atoms with Crippen LogP contribution in [0, 0.1) is 12.8 Å². The molecule has 1 heterocycles. The molecule has 0 saturated heterocycles. The van der Waals surface area contributed by atoms with Crippen molar-refractivity contribution in [1.82, 2.24) is 14.9 Å². The van der Waals surface area contributed by atoms with Crippen LogP contribution in [-0.4, -0.2) is 65.7 Å². The molecule has 26 heavy (non-hydrogen) atoms. The summed E-state index contributed by atoms with van der Waals surface area (Å²) < 4.78 is 33.0. The fourth-order valence-corrected chi connectivity index (χ4v) is 4.63. The normalized spacial score (nSPS) is 15.3. The molecule has 1 saturated carbocycles. The molecule has 0 atom stereocenters. The molecule has 0 spiro atoms. The van der Waals surface area contributed by atoms with Gasteiger partial charge in [-0.3, -0.25) is 4.99 Å². The van der Waals surface area contributed by atoms with Crippen molar-refractivity contribution in [3.63, 3.8) is 0 Å². The number of ether oxygens (including phenoxy) is 1. The van der Waals surface area contributed by atoms with Crippen LogP contribution in [-0.2, 0) is 14.8 Å². The third-order valence-electron chi connectivity index (χ3n) is 3.96. The van der Waals surface area contributed by atoms with Crippen molar-refractivity contribution in [2.75, 3.05) is 46.4 Å². The first-order valence-electron chi connectivity index (χ1n) is 9.05. The summed E-state index contributed by atoms with van der Waals surface area (Å²) in [6, 6.07) is 3.44. The third kappa shape index (κ3) is 7.22. The topological polar surface area (TPSA) is 83.0 Å². The molecule has 7 nitrogen and oxygen atoms in total. The van der Waals surface area contributed by atoms with E-state index in [2.05, 4.69) is 15.0 Å². The van der Waals surface area contributed by atoms with E-state index < -0.39 is 10.0 Å². The fraction of sp³-hybridized carbons (Fsp3) is 0.706. The molecule has 0 radical (unpaired) electrons. The maximum atomic E-state index is 12.2. The van der Waals surface area contributed by atoms with Crippen molar-refractivity contribution in [2.45, 2.75) is 30.9 Å². The SMILES string of the molecule is CCNC(=NCCNS(=O)(=O)c1ccc(C)s1)N(C)CCOCC1CC1. The molecular weight excluding hydrogens is 372 g/mol. The zero-order valence-electron chi connectivity index (χ0n) is 15.8. The molecular formula is C17H30N4O3S2. The molecule has 1 aliphatic rings. The minimum absolute atomic E-state index is 0.264. The second-order valence-corrected chi connectivity index (χ2v) is 9.72. The molecule has 148 valence electrons. The molecule has 1 aromatic heterocycles. The predicted molar refractivity (Wildman–Crippen MR) is 106 cm³/mol. The molecule has 1 aromatic rings. The highest BCUT2D eigenvalue weighted by Crippen LogP contribution is 2.28. The van der Waals surface area contributed by atoms with E-state index in [1.807, 2.05) is 25.8 Å². The van der Waals surface area contributed by atoms with E-state index in [0.717, 1.165) is 36.5 Å². The Morgan fingerprint density at radius 2 is 2.19 bits per heavy atom. The van der Waals surface area contributed by atoms with E-state index in [1.165, 1.54) is 24.2 Å². The monoisotopic (exact) mass is 402 g/mol. The zero-order chi connectivity index (χ0) is 19.0. The summed E-state index contributed by atoms with van der Waals surface area (Å²) in [7, 11) is -1.49. The number of hydrogen-bond donors (Lipinski definition) is 2. The summed E-state index contributed by atoms with van der Waals surface area (Å²) in [5, 5.41) is 3.22. The van der Waals surface area contributed by atoms with Gasteiger partial charge in [-0.1, -0.05) is 0 Å². The lowest BCUT2D eigenvalue weighted by atomic mass is 10.5. The van der Waals surface area contributed by atoms with Crippen LogP contribution in [0.15, 0.2) is 21.3 Å². The first-order valence-corrected chi connectivity index (χ1v) is 11.4. The quantitative estimate of drug-likeness (QED) is 0.334. The molecule has 0 aliphatic heterocycles. The Bertz CT molecular complexity index is 684. The summed E-state index contributed by atoms with van der Waals surface area (Å²) in [4.78, 5) is 7.48. The maximum absolute atomic E-state index is 12.2. The molecule has 9 heteroatoms. The lowest BCUT2D eigenvalue weighted by Gasteiger charge is -2.22. The van der Waals surface area contributed by atoms with Gasteiger partial charge in [0.05, 0.1) is 13.2 Å². The van der Waals surface area contributed by atoms with Crippen LogP contribution in [0.2, 0.25) is 0 Å². The number of guanidine groups is 1. The van der Waals surface area contributed by atoms with Gasteiger partial charge in [-0.2, -0.15) is 0 Å². The Hall–Kier alpha value is -1.16. The van der Waals surface area contributed by atoms with Gasteiger partial charge in [0.15, 0.2) is 5.96 Å². The van der Waals surface area contributed by atoms with E-state index in [4.69, 9.17) is 4.74 Å². The average molecular weight is 403 g/mol. The Balaban J connectivity index is 1.75. The number of hydrogen-bond acceptors (Lipinski definition) is 5. The third-order valence-corrected chi connectivity index (χ3v) is 6.92.